The first-order valence-corrected chi connectivity index (χ1v) is 8.59. The van der Waals surface area contributed by atoms with E-state index in [-0.39, 0.29) is 24.2 Å². The number of carbonyl (C=O) groups is 1. The highest BCUT2D eigenvalue weighted by atomic mass is 35.5. The number of halogens is 2. The molecule has 1 N–H and O–H groups in total. The van der Waals surface area contributed by atoms with Gasteiger partial charge in [-0.05, 0) is 55.8 Å². The Morgan fingerprint density at radius 3 is 2.56 bits per heavy atom. The third kappa shape index (κ3) is 5.01. The highest BCUT2D eigenvalue weighted by molar-refractivity contribution is 6.33. The summed E-state index contributed by atoms with van der Waals surface area (Å²) in [6.07, 6.45) is 0. The second kappa shape index (κ2) is 8.14. The molecule has 3 rings (SSSR count). The minimum absolute atomic E-state index is 0.233. The van der Waals surface area contributed by atoms with E-state index < -0.39 is 0 Å². The van der Waals surface area contributed by atoms with Crippen LogP contribution in [0.3, 0.4) is 0 Å². The standard InChI is InChI=1S/C20H17ClFN3O2/c1-12-3-8-17(16(21)9-12)24-18(26)11-27-19-10-13(2)23-20(25-19)14-4-6-15(22)7-5-14/h3-10H,11H2,1-2H3,(H,24,26). The van der Waals surface area contributed by atoms with Crippen molar-refractivity contribution in [2.24, 2.45) is 0 Å². The van der Waals surface area contributed by atoms with Crippen LogP contribution in [-0.4, -0.2) is 22.5 Å². The van der Waals surface area contributed by atoms with Crippen molar-refractivity contribution in [1.82, 2.24) is 9.97 Å². The van der Waals surface area contributed by atoms with Gasteiger partial charge in [-0.15, -0.1) is 0 Å². The minimum atomic E-state index is -0.361. The van der Waals surface area contributed by atoms with E-state index in [0.717, 1.165) is 5.56 Å². The largest absolute Gasteiger partial charge is 0.467 e. The maximum atomic E-state index is 13.1. The van der Waals surface area contributed by atoms with Gasteiger partial charge in [-0.25, -0.2) is 9.37 Å². The number of amides is 1. The molecule has 1 amide bonds. The van der Waals surface area contributed by atoms with Crippen LogP contribution in [0.5, 0.6) is 5.88 Å². The number of nitrogens with zero attached hydrogens (tertiary/aromatic N) is 2. The summed E-state index contributed by atoms with van der Waals surface area (Å²) >= 11 is 6.11. The average Bonchev–Trinajstić information content (AvgIpc) is 2.62. The summed E-state index contributed by atoms with van der Waals surface area (Å²) in [4.78, 5) is 20.7. The molecule has 0 aliphatic carbocycles. The average molecular weight is 386 g/mol. The quantitative estimate of drug-likeness (QED) is 0.698. The molecule has 0 aliphatic rings. The molecule has 0 unspecified atom stereocenters. The molecule has 7 heteroatoms. The zero-order valence-corrected chi connectivity index (χ0v) is 15.5. The number of hydrogen-bond acceptors (Lipinski definition) is 4. The highest BCUT2D eigenvalue weighted by Gasteiger charge is 2.10. The number of nitrogens with one attached hydrogen (secondary N) is 1. The molecule has 0 saturated heterocycles. The molecular formula is C20H17ClFN3O2. The van der Waals surface area contributed by atoms with Crippen LogP contribution in [0, 0.1) is 19.7 Å². The lowest BCUT2D eigenvalue weighted by Crippen LogP contribution is -2.20. The van der Waals surface area contributed by atoms with E-state index in [4.69, 9.17) is 16.3 Å². The van der Waals surface area contributed by atoms with Gasteiger partial charge in [0.15, 0.2) is 12.4 Å². The molecule has 3 aromatic rings. The Morgan fingerprint density at radius 1 is 1.11 bits per heavy atom. The fraction of sp³-hybridized carbons (Fsp3) is 0.150. The van der Waals surface area contributed by atoms with Gasteiger partial charge in [-0.1, -0.05) is 17.7 Å². The van der Waals surface area contributed by atoms with Crippen molar-refractivity contribution in [3.8, 4) is 17.3 Å². The summed E-state index contributed by atoms with van der Waals surface area (Å²) in [5, 5.41) is 3.15. The molecule has 138 valence electrons. The van der Waals surface area contributed by atoms with E-state index in [0.29, 0.717) is 27.8 Å². The van der Waals surface area contributed by atoms with Gasteiger partial charge >= 0.3 is 0 Å². The van der Waals surface area contributed by atoms with E-state index >= 15 is 0 Å². The van der Waals surface area contributed by atoms with Crippen LogP contribution in [0.25, 0.3) is 11.4 Å². The molecule has 2 aromatic carbocycles. The Kier molecular flexibility index (Phi) is 5.66. The topological polar surface area (TPSA) is 64.1 Å². The van der Waals surface area contributed by atoms with Crippen molar-refractivity contribution >= 4 is 23.2 Å². The Hall–Kier alpha value is -2.99. The summed E-state index contributed by atoms with van der Waals surface area (Å²) in [5.74, 6) is -0.0476. The summed E-state index contributed by atoms with van der Waals surface area (Å²) in [5.41, 5.74) is 2.84. The molecule has 0 atom stereocenters. The molecule has 0 radical (unpaired) electrons. The van der Waals surface area contributed by atoms with Crippen LogP contribution in [0.1, 0.15) is 11.3 Å². The van der Waals surface area contributed by atoms with Gasteiger partial charge in [0.2, 0.25) is 5.88 Å². The summed E-state index contributed by atoms with van der Waals surface area (Å²) in [7, 11) is 0. The van der Waals surface area contributed by atoms with Crippen molar-refractivity contribution < 1.29 is 13.9 Å². The van der Waals surface area contributed by atoms with E-state index in [9.17, 15) is 9.18 Å². The predicted octanol–water partition coefficient (Wildman–Crippen LogP) is 4.57. The number of carbonyl (C=O) groups excluding carboxylic acids is 1. The number of anilines is 1. The maximum absolute atomic E-state index is 13.1. The Bertz CT molecular complexity index is 977. The fourth-order valence-electron chi connectivity index (χ4n) is 2.39. The first-order valence-electron chi connectivity index (χ1n) is 8.21. The number of benzene rings is 2. The third-order valence-electron chi connectivity index (χ3n) is 3.68. The first kappa shape index (κ1) is 18.8. The van der Waals surface area contributed by atoms with Gasteiger partial charge in [-0.2, -0.15) is 4.98 Å². The first-order chi connectivity index (χ1) is 12.9. The van der Waals surface area contributed by atoms with Gasteiger partial charge < -0.3 is 10.1 Å². The lowest BCUT2D eigenvalue weighted by molar-refractivity contribution is -0.118. The van der Waals surface area contributed by atoms with Crippen LogP contribution in [0.4, 0.5) is 10.1 Å². The lowest BCUT2D eigenvalue weighted by atomic mass is 10.2. The SMILES string of the molecule is Cc1ccc(NC(=O)COc2cc(C)nc(-c3ccc(F)cc3)n2)c(Cl)c1. The van der Waals surface area contributed by atoms with Crippen molar-refractivity contribution in [3.63, 3.8) is 0 Å². The van der Waals surface area contributed by atoms with Gasteiger partial charge in [0.1, 0.15) is 5.82 Å². The third-order valence-corrected chi connectivity index (χ3v) is 4.00. The van der Waals surface area contributed by atoms with Crippen molar-refractivity contribution in [2.45, 2.75) is 13.8 Å². The van der Waals surface area contributed by atoms with Crippen LogP contribution in [0.2, 0.25) is 5.02 Å². The van der Waals surface area contributed by atoms with E-state index in [2.05, 4.69) is 15.3 Å². The smallest absolute Gasteiger partial charge is 0.262 e. The minimum Gasteiger partial charge on any atom is -0.467 e. The molecule has 1 aromatic heterocycles. The summed E-state index contributed by atoms with van der Waals surface area (Å²) < 4.78 is 18.6. The second-order valence-electron chi connectivity index (χ2n) is 6.00. The number of hydrogen-bond donors (Lipinski definition) is 1. The van der Waals surface area contributed by atoms with Crippen LogP contribution >= 0.6 is 11.6 Å². The number of aryl methyl sites for hydroxylation is 2. The molecular weight excluding hydrogens is 369 g/mol. The zero-order chi connectivity index (χ0) is 19.4. The monoisotopic (exact) mass is 385 g/mol. The Morgan fingerprint density at radius 2 is 1.85 bits per heavy atom. The van der Waals surface area contributed by atoms with Crippen LogP contribution in [-0.2, 0) is 4.79 Å². The lowest BCUT2D eigenvalue weighted by Gasteiger charge is -2.10. The fourth-order valence-corrected chi connectivity index (χ4v) is 2.67. The van der Waals surface area contributed by atoms with Gasteiger partial charge in [-0.3, -0.25) is 4.79 Å². The van der Waals surface area contributed by atoms with E-state index in [1.54, 1.807) is 37.3 Å². The van der Waals surface area contributed by atoms with Gasteiger partial charge in [0.25, 0.3) is 5.91 Å². The van der Waals surface area contributed by atoms with Gasteiger partial charge in [0.05, 0.1) is 10.7 Å². The number of rotatable bonds is 5. The normalized spacial score (nSPS) is 10.5. The Labute approximate surface area is 161 Å². The highest BCUT2D eigenvalue weighted by Crippen LogP contribution is 2.23. The second-order valence-corrected chi connectivity index (χ2v) is 6.41. The molecule has 0 bridgehead atoms. The number of ether oxygens (including phenoxy) is 1. The molecule has 0 fully saturated rings. The molecule has 0 aliphatic heterocycles. The van der Waals surface area contributed by atoms with Crippen molar-refractivity contribution in [1.29, 1.82) is 0 Å². The van der Waals surface area contributed by atoms with Crippen molar-refractivity contribution in [3.05, 3.63) is 70.6 Å². The molecule has 0 saturated carbocycles. The molecule has 27 heavy (non-hydrogen) atoms. The molecule has 1 heterocycles. The zero-order valence-electron chi connectivity index (χ0n) is 14.8. The molecule has 5 nitrogen and oxygen atoms in total. The van der Waals surface area contributed by atoms with Crippen molar-refractivity contribution in [2.75, 3.05) is 11.9 Å². The van der Waals surface area contributed by atoms with E-state index in [1.165, 1.54) is 12.1 Å². The number of aromatic nitrogens is 2. The van der Waals surface area contributed by atoms with Crippen LogP contribution < -0.4 is 10.1 Å². The Balaban J connectivity index is 1.68. The molecule has 0 spiro atoms. The van der Waals surface area contributed by atoms with Gasteiger partial charge in [0, 0.05) is 17.3 Å². The summed E-state index contributed by atoms with van der Waals surface area (Å²) in [6.45, 7) is 3.47. The summed E-state index contributed by atoms with van der Waals surface area (Å²) in [6, 6.07) is 12.8. The maximum Gasteiger partial charge on any atom is 0.262 e. The van der Waals surface area contributed by atoms with Crippen LogP contribution in [0.15, 0.2) is 48.5 Å². The predicted molar refractivity (Wildman–Crippen MR) is 102 cm³/mol. The van der Waals surface area contributed by atoms with E-state index in [1.807, 2.05) is 13.0 Å².